The number of imidazole rings is 1. The Kier molecular flexibility index (Phi) is 5.16. The van der Waals surface area contributed by atoms with E-state index in [1.54, 1.807) is 18.3 Å². The van der Waals surface area contributed by atoms with Crippen LogP contribution in [0.5, 0.6) is 17.2 Å². The van der Waals surface area contributed by atoms with Crippen LogP contribution in [0, 0.1) is 0 Å². The molecule has 0 atom stereocenters. The van der Waals surface area contributed by atoms with Crippen molar-refractivity contribution in [3.8, 4) is 39.6 Å². The molecule has 0 bridgehead atoms. The Morgan fingerprint density at radius 1 is 0.794 bits per heavy atom. The van der Waals surface area contributed by atoms with Crippen LogP contribution in [0.4, 0.5) is 0 Å². The number of phenolic OH excluding ortho intramolecular Hbond substituents is 3. The Labute approximate surface area is 197 Å². The number of hydrogen-bond donors (Lipinski definition) is 3. The number of fused-ring (bicyclic) bond motifs is 3. The highest BCUT2D eigenvalue weighted by molar-refractivity contribution is 5.90. The molecule has 0 spiro atoms. The Bertz CT molecular complexity index is 1520. The van der Waals surface area contributed by atoms with Gasteiger partial charge in [0.1, 0.15) is 17.2 Å². The SMILES string of the molecule is CC(C)c1cc(-c2cnc3nc4ccccc4n3c2-c2ccc(O)cc2O)cc(C(C)C)c1O. The summed E-state index contributed by atoms with van der Waals surface area (Å²) in [5.74, 6) is 1.02. The third kappa shape index (κ3) is 3.43. The predicted molar refractivity (Wildman–Crippen MR) is 135 cm³/mol. The van der Waals surface area contributed by atoms with Gasteiger partial charge in [-0.15, -0.1) is 0 Å². The van der Waals surface area contributed by atoms with Crippen LogP contribution >= 0.6 is 0 Å². The topological polar surface area (TPSA) is 90.9 Å². The maximum atomic E-state index is 10.9. The summed E-state index contributed by atoms with van der Waals surface area (Å²) in [6.45, 7) is 8.22. The van der Waals surface area contributed by atoms with Gasteiger partial charge in [0.25, 0.3) is 0 Å². The number of aromatic nitrogens is 3. The Hall–Kier alpha value is -4.06. The first-order chi connectivity index (χ1) is 16.3. The van der Waals surface area contributed by atoms with E-state index >= 15 is 0 Å². The lowest BCUT2D eigenvalue weighted by Gasteiger charge is -2.20. The van der Waals surface area contributed by atoms with Crippen LogP contribution in [0.1, 0.15) is 50.7 Å². The normalized spacial score (nSPS) is 11.8. The van der Waals surface area contributed by atoms with E-state index < -0.39 is 0 Å². The third-order valence-corrected chi connectivity index (χ3v) is 6.29. The summed E-state index contributed by atoms with van der Waals surface area (Å²) >= 11 is 0. The van der Waals surface area contributed by atoms with Gasteiger partial charge in [0.05, 0.1) is 16.7 Å². The molecule has 2 aromatic heterocycles. The molecular formula is C28H27N3O3. The van der Waals surface area contributed by atoms with E-state index in [9.17, 15) is 15.3 Å². The number of phenols is 3. The highest BCUT2D eigenvalue weighted by atomic mass is 16.3. The van der Waals surface area contributed by atoms with Crippen molar-refractivity contribution in [3.63, 3.8) is 0 Å². The number of hydrogen-bond acceptors (Lipinski definition) is 5. The average Bonchev–Trinajstić information content (AvgIpc) is 3.17. The fraction of sp³-hybridized carbons (Fsp3) is 0.214. The molecule has 2 heterocycles. The fourth-order valence-electron chi connectivity index (χ4n) is 4.54. The Balaban J connectivity index is 1.94. The monoisotopic (exact) mass is 453 g/mol. The molecule has 5 rings (SSSR count). The molecule has 6 nitrogen and oxygen atoms in total. The van der Waals surface area contributed by atoms with Crippen molar-refractivity contribution >= 4 is 16.8 Å². The molecule has 0 radical (unpaired) electrons. The van der Waals surface area contributed by atoms with Gasteiger partial charge in [0, 0.05) is 23.4 Å². The first-order valence-corrected chi connectivity index (χ1v) is 11.4. The van der Waals surface area contributed by atoms with Crippen LogP contribution in [0.15, 0.2) is 60.8 Å². The van der Waals surface area contributed by atoms with Crippen LogP contribution in [0.3, 0.4) is 0 Å². The zero-order valence-corrected chi connectivity index (χ0v) is 19.6. The van der Waals surface area contributed by atoms with Crippen LogP contribution in [0.2, 0.25) is 0 Å². The quantitative estimate of drug-likeness (QED) is 0.286. The maximum Gasteiger partial charge on any atom is 0.235 e. The summed E-state index contributed by atoms with van der Waals surface area (Å²) in [7, 11) is 0. The molecule has 3 aromatic carbocycles. The minimum Gasteiger partial charge on any atom is -0.508 e. The van der Waals surface area contributed by atoms with Gasteiger partial charge in [-0.3, -0.25) is 4.40 Å². The molecule has 34 heavy (non-hydrogen) atoms. The number of rotatable bonds is 4. The van der Waals surface area contributed by atoms with Gasteiger partial charge in [-0.05, 0) is 64.9 Å². The van der Waals surface area contributed by atoms with Crippen molar-refractivity contribution in [1.29, 1.82) is 0 Å². The summed E-state index contributed by atoms with van der Waals surface area (Å²) in [4.78, 5) is 9.33. The van der Waals surface area contributed by atoms with Crippen molar-refractivity contribution in [2.45, 2.75) is 39.5 Å². The first kappa shape index (κ1) is 21.8. The van der Waals surface area contributed by atoms with Crippen LogP contribution in [0.25, 0.3) is 39.2 Å². The lowest BCUT2D eigenvalue weighted by Crippen LogP contribution is -2.01. The molecule has 3 N–H and O–H groups in total. The summed E-state index contributed by atoms with van der Waals surface area (Å²) in [5, 5.41) is 31.7. The van der Waals surface area contributed by atoms with Crippen LogP contribution in [-0.2, 0) is 0 Å². The molecule has 0 aliphatic carbocycles. The molecular weight excluding hydrogens is 426 g/mol. The second-order valence-electron chi connectivity index (χ2n) is 9.27. The lowest BCUT2D eigenvalue weighted by molar-refractivity contribution is 0.451. The fourth-order valence-corrected chi connectivity index (χ4v) is 4.54. The summed E-state index contributed by atoms with van der Waals surface area (Å²) in [6, 6.07) is 16.3. The summed E-state index contributed by atoms with van der Waals surface area (Å²) < 4.78 is 1.94. The van der Waals surface area contributed by atoms with Gasteiger partial charge in [-0.2, -0.15) is 0 Å². The highest BCUT2D eigenvalue weighted by Crippen LogP contribution is 2.43. The summed E-state index contributed by atoms with van der Waals surface area (Å²) in [5.41, 5.74) is 6.32. The van der Waals surface area contributed by atoms with Gasteiger partial charge < -0.3 is 15.3 Å². The van der Waals surface area contributed by atoms with Crippen molar-refractivity contribution in [3.05, 3.63) is 71.9 Å². The largest absolute Gasteiger partial charge is 0.508 e. The number of nitrogens with zero attached hydrogens (tertiary/aromatic N) is 3. The summed E-state index contributed by atoms with van der Waals surface area (Å²) in [6.07, 6.45) is 1.77. The second kappa shape index (κ2) is 8.06. The van der Waals surface area contributed by atoms with Crippen LogP contribution < -0.4 is 0 Å². The molecule has 0 aliphatic rings. The van der Waals surface area contributed by atoms with E-state index in [2.05, 4.69) is 37.7 Å². The standard InChI is InChI=1S/C28H27N3O3/c1-15(2)20-11-17(12-21(16(3)4)27(20)34)22-14-29-28-30-23-7-5-6-8-24(23)31(28)26(22)19-10-9-18(32)13-25(19)33/h5-16,32-34H,1-4H3. The molecule has 5 aromatic rings. The van der Waals surface area contributed by atoms with E-state index in [1.807, 2.05) is 40.8 Å². The second-order valence-corrected chi connectivity index (χ2v) is 9.27. The number of para-hydroxylation sites is 2. The molecule has 0 fully saturated rings. The van der Waals surface area contributed by atoms with Gasteiger partial charge in [0.15, 0.2) is 0 Å². The molecule has 0 amide bonds. The van der Waals surface area contributed by atoms with Gasteiger partial charge in [0.2, 0.25) is 5.78 Å². The van der Waals surface area contributed by atoms with Crippen molar-refractivity contribution in [1.82, 2.24) is 14.4 Å². The predicted octanol–water partition coefficient (Wildman–Crippen LogP) is 6.58. The Morgan fingerprint density at radius 2 is 1.47 bits per heavy atom. The van der Waals surface area contributed by atoms with Crippen molar-refractivity contribution in [2.24, 2.45) is 0 Å². The Morgan fingerprint density at radius 3 is 2.12 bits per heavy atom. The number of aromatic hydroxyl groups is 3. The number of benzene rings is 3. The molecule has 0 saturated heterocycles. The minimum absolute atomic E-state index is 0.0163. The third-order valence-electron chi connectivity index (χ3n) is 6.29. The van der Waals surface area contributed by atoms with Crippen molar-refractivity contribution < 1.29 is 15.3 Å². The highest BCUT2D eigenvalue weighted by Gasteiger charge is 2.22. The molecule has 0 aliphatic heterocycles. The van der Waals surface area contributed by atoms with Gasteiger partial charge >= 0.3 is 0 Å². The molecule has 172 valence electrons. The van der Waals surface area contributed by atoms with Gasteiger partial charge in [-0.1, -0.05) is 39.8 Å². The van der Waals surface area contributed by atoms with Crippen molar-refractivity contribution in [2.75, 3.05) is 0 Å². The van der Waals surface area contributed by atoms with Gasteiger partial charge in [-0.25, -0.2) is 9.97 Å². The minimum atomic E-state index is -0.0431. The zero-order chi connectivity index (χ0) is 24.1. The zero-order valence-electron chi connectivity index (χ0n) is 19.6. The van der Waals surface area contributed by atoms with E-state index in [1.165, 1.54) is 6.07 Å². The average molecular weight is 454 g/mol. The molecule has 0 saturated carbocycles. The lowest BCUT2D eigenvalue weighted by atomic mass is 9.88. The first-order valence-electron chi connectivity index (χ1n) is 11.4. The van der Waals surface area contributed by atoms with E-state index in [0.29, 0.717) is 22.8 Å². The van der Waals surface area contributed by atoms with Crippen LogP contribution in [-0.4, -0.2) is 29.7 Å². The smallest absolute Gasteiger partial charge is 0.235 e. The molecule has 0 unspecified atom stereocenters. The maximum absolute atomic E-state index is 10.9. The van der Waals surface area contributed by atoms with E-state index in [4.69, 9.17) is 0 Å². The van der Waals surface area contributed by atoms with E-state index in [-0.39, 0.29) is 23.3 Å². The van der Waals surface area contributed by atoms with E-state index in [0.717, 1.165) is 33.3 Å². The molecule has 6 heteroatoms.